The third-order valence-electron chi connectivity index (χ3n) is 4.26. The molecule has 0 spiro atoms. The van der Waals surface area contributed by atoms with E-state index in [1.807, 2.05) is 25.1 Å². The minimum absolute atomic E-state index is 0.356. The first-order chi connectivity index (χ1) is 11.3. The molecule has 2 aliphatic heterocycles. The Morgan fingerprint density at radius 1 is 1.04 bits per heavy atom. The molecule has 2 nitrogen and oxygen atoms in total. The molecule has 0 amide bonds. The van der Waals surface area contributed by atoms with Gasteiger partial charge in [-0.25, -0.2) is 0 Å². The first-order valence-electron chi connectivity index (χ1n) is 7.22. The Balaban J connectivity index is 2.12. The largest absolute Gasteiger partial charge is 0.738 e. The number of aryl methyl sites for hydroxylation is 1. The normalized spacial score (nSPS) is 18.2. The number of benzene rings is 1. The predicted octanol–water partition coefficient (Wildman–Crippen LogP) is 5.69. The van der Waals surface area contributed by atoms with Crippen LogP contribution in [0.1, 0.15) is 16.8 Å². The van der Waals surface area contributed by atoms with Gasteiger partial charge in [0.1, 0.15) is 0 Å². The van der Waals surface area contributed by atoms with Crippen LogP contribution >= 0.6 is 47.8 Å². The zero-order chi connectivity index (χ0) is 17.2. The molecule has 0 saturated heterocycles. The quantitative estimate of drug-likeness (QED) is 0.429. The molecule has 0 N–H and O–H groups in total. The molecule has 1 aromatic heterocycles. The lowest BCUT2D eigenvalue weighted by atomic mass is 9.86. The molecule has 1 aromatic carbocycles. The van der Waals surface area contributed by atoms with Gasteiger partial charge in [-0.3, -0.25) is 0 Å². The Morgan fingerprint density at radius 3 is 2.50 bits per heavy atom. The molecule has 0 bridgehead atoms. The molecule has 4 rings (SSSR count). The summed E-state index contributed by atoms with van der Waals surface area (Å²) in [4.78, 5) is 0. The number of hydrogen-bond donors (Lipinski definition) is 0. The molecular formula is C16H10BBr3F2N2. The number of aromatic nitrogens is 1. The maximum Gasteiger partial charge on any atom is 0.738 e. The van der Waals surface area contributed by atoms with Crippen LogP contribution in [0.2, 0.25) is 0 Å². The van der Waals surface area contributed by atoms with Gasteiger partial charge in [0.2, 0.25) is 4.62 Å². The van der Waals surface area contributed by atoms with Crippen molar-refractivity contribution in [3.63, 3.8) is 0 Å². The number of halogens is 5. The lowest BCUT2D eigenvalue weighted by molar-refractivity contribution is -0.358. The Hall–Kier alpha value is -0.985. The van der Waals surface area contributed by atoms with Gasteiger partial charge in [0, 0.05) is 43.8 Å². The summed E-state index contributed by atoms with van der Waals surface area (Å²) in [7, 11) is 0. The van der Waals surface area contributed by atoms with E-state index in [-0.39, 0.29) is 0 Å². The smallest absolute Gasteiger partial charge is 0.389 e. The standard InChI is InChI=1S/C16H10BBr3F2N2/c1-9-2-3-10(11(18)8-9)16-12-4-6-14(19)23(12)17(21,22)24-13(16)5-7-15(24)20/h2-8H,1H3. The number of fused-ring (bicyclic) bond motifs is 2. The van der Waals surface area contributed by atoms with Crippen molar-refractivity contribution in [1.29, 1.82) is 0 Å². The van der Waals surface area contributed by atoms with Crippen molar-refractivity contribution in [1.82, 2.24) is 4.48 Å². The van der Waals surface area contributed by atoms with E-state index in [0.29, 0.717) is 20.6 Å². The van der Waals surface area contributed by atoms with Crippen molar-refractivity contribution in [2.75, 3.05) is 0 Å². The molecule has 0 unspecified atom stereocenters. The lowest BCUT2D eigenvalue weighted by Gasteiger charge is -2.32. The molecular weight excluding hydrogens is 509 g/mol. The Morgan fingerprint density at radius 2 is 1.79 bits per heavy atom. The van der Waals surface area contributed by atoms with Crippen molar-refractivity contribution in [2.24, 2.45) is 0 Å². The van der Waals surface area contributed by atoms with Crippen LogP contribution in [0.15, 0.2) is 57.3 Å². The lowest BCUT2D eigenvalue weighted by Crippen LogP contribution is -2.50. The van der Waals surface area contributed by atoms with Crippen molar-refractivity contribution in [3.8, 4) is 0 Å². The second-order valence-corrected chi connectivity index (χ2v) is 8.25. The van der Waals surface area contributed by atoms with Gasteiger partial charge >= 0.3 is 6.97 Å². The van der Waals surface area contributed by atoms with Crippen molar-refractivity contribution in [3.05, 3.63) is 74.1 Å². The maximum absolute atomic E-state index is 15.1. The van der Waals surface area contributed by atoms with E-state index in [1.54, 1.807) is 24.3 Å². The second kappa shape index (κ2) is 5.51. The molecule has 0 radical (unpaired) electrons. The predicted molar refractivity (Wildman–Crippen MR) is 104 cm³/mol. The number of allylic oxidation sites excluding steroid dienone is 2. The molecule has 0 fully saturated rings. The summed E-state index contributed by atoms with van der Waals surface area (Å²) in [5.41, 5.74) is 3.74. The third kappa shape index (κ3) is 2.19. The minimum atomic E-state index is -3.98. The number of hydrogen-bond acceptors (Lipinski definition) is 0. The highest BCUT2D eigenvalue weighted by molar-refractivity contribution is 9.18. The van der Waals surface area contributed by atoms with E-state index < -0.39 is 6.97 Å². The highest BCUT2D eigenvalue weighted by atomic mass is 79.9. The van der Waals surface area contributed by atoms with Crippen LogP contribution in [0.3, 0.4) is 0 Å². The van der Waals surface area contributed by atoms with E-state index in [9.17, 15) is 0 Å². The van der Waals surface area contributed by atoms with Crippen LogP contribution in [0, 0.1) is 6.92 Å². The summed E-state index contributed by atoms with van der Waals surface area (Å²) >= 11 is 10.1. The van der Waals surface area contributed by atoms with Gasteiger partial charge in [-0.05, 0) is 46.6 Å². The summed E-state index contributed by atoms with van der Waals surface area (Å²) in [5.74, 6) is 0. The molecule has 24 heavy (non-hydrogen) atoms. The maximum atomic E-state index is 15.1. The highest BCUT2D eigenvalue weighted by Gasteiger charge is 2.54. The van der Waals surface area contributed by atoms with Gasteiger partial charge in [0.05, 0.1) is 10.2 Å². The summed E-state index contributed by atoms with van der Waals surface area (Å²) in [6.45, 7) is -1.98. The van der Waals surface area contributed by atoms with Crippen LogP contribution < -0.4 is 0 Å². The first kappa shape index (κ1) is 16.5. The molecule has 8 heteroatoms. The second-order valence-electron chi connectivity index (χ2n) is 5.77. The Labute approximate surface area is 163 Å². The average Bonchev–Trinajstić information content (AvgIpc) is 3.06. The van der Waals surface area contributed by atoms with Crippen LogP contribution in [-0.4, -0.2) is 20.6 Å². The van der Waals surface area contributed by atoms with E-state index >= 15 is 8.63 Å². The fourth-order valence-corrected chi connectivity index (χ4v) is 5.06. The summed E-state index contributed by atoms with van der Waals surface area (Å²) in [5, 5.41) is 0. The topological polar surface area (TPSA) is 7.94 Å². The molecule has 0 saturated carbocycles. The fourth-order valence-electron chi connectivity index (χ4n) is 3.23. The summed E-state index contributed by atoms with van der Waals surface area (Å²) in [6, 6.07) is 9.32. The van der Waals surface area contributed by atoms with Crippen LogP contribution in [0.25, 0.3) is 5.57 Å². The van der Waals surface area contributed by atoms with Gasteiger partial charge in [-0.2, -0.15) is 0 Å². The number of nitrogens with zero attached hydrogens (tertiary/aromatic N) is 2. The third-order valence-corrected chi connectivity index (χ3v) is 6.21. The van der Waals surface area contributed by atoms with Crippen molar-refractivity contribution < 1.29 is 13.1 Å². The fraction of sp³-hybridized carbons (Fsp3) is 0.0625. The Bertz CT molecular complexity index is 989. The van der Waals surface area contributed by atoms with Gasteiger partial charge in [-0.1, -0.05) is 28.1 Å². The molecule has 2 aromatic rings. The van der Waals surface area contributed by atoms with E-state index in [4.69, 9.17) is 0 Å². The molecule has 3 heterocycles. The summed E-state index contributed by atoms with van der Waals surface area (Å²) < 4.78 is 34.0. The van der Waals surface area contributed by atoms with Crippen LogP contribution in [0.4, 0.5) is 8.63 Å². The van der Waals surface area contributed by atoms with Crippen LogP contribution in [0.5, 0.6) is 0 Å². The first-order valence-corrected chi connectivity index (χ1v) is 9.60. The van der Waals surface area contributed by atoms with Gasteiger partial charge in [-0.15, -0.1) is 0 Å². The van der Waals surface area contributed by atoms with Gasteiger partial charge in [0.25, 0.3) is 0 Å². The zero-order valence-corrected chi connectivity index (χ0v) is 17.2. The average molecular weight is 519 g/mol. The molecule has 122 valence electrons. The molecule has 0 atom stereocenters. The van der Waals surface area contributed by atoms with Gasteiger partial charge < -0.3 is 17.6 Å². The van der Waals surface area contributed by atoms with Crippen LogP contribution in [-0.2, 0) is 0 Å². The van der Waals surface area contributed by atoms with E-state index in [0.717, 1.165) is 30.1 Å². The van der Waals surface area contributed by atoms with E-state index in [2.05, 4.69) is 47.8 Å². The van der Waals surface area contributed by atoms with E-state index in [1.165, 1.54) is 0 Å². The minimum Gasteiger partial charge on any atom is -0.389 e. The van der Waals surface area contributed by atoms with Crippen molar-refractivity contribution in [2.45, 2.75) is 6.92 Å². The SMILES string of the molecule is Cc1ccc(C2=C3C=CC(Br)=[N+]3[B-](F)(F)n3c(Br)ccc32)c(Br)c1. The zero-order valence-electron chi connectivity index (χ0n) is 12.4. The summed E-state index contributed by atoms with van der Waals surface area (Å²) in [6.07, 6.45) is 3.39. The number of rotatable bonds is 1. The van der Waals surface area contributed by atoms with Gasteiger partial charge in [0.15, 0.2) is 5.70 Å². The Kier molecular flexibility index (Phi) is 3.78. The van der Waals surface area contributed by atoms with Crippen molar-refractivity contribution >= 4 is 65.0 Å². The molecule has 2 aliphatic rings. The molecule has 0 aliphatic carbocycles. The monoisotopic (exact) mass is 516 g/mol. The highest BCUT2D eigenvalue weighted by Crippen LogP contribution is 2.43.